The first-order valence-electron chi connectivity index (χ1n) is 5.34. The molecule has 96 valence electrons. The molecule has 0 aliphatic heterocycles. The van der Waals surface area contributed by atoms with Gasteiger partial charge in [-0.15, -0.1) is 0 Å². The van der Waals surface area contributed by atoms with Crippen LogP contribution in [0.4, 0.5) is 11.5 Å². The van der Waals surface area contributed by atoms with E-state index in [0.29, 0.717) is 37.7 Å². The smallest absolute Gasteiger partial charge is 0.239 e. The predicted octanol–water partition coefficient (Wildman–Crippen LogP) is -2.33. The Morgan fingerprint density at radius 1 is 1.35 bits per heavy atom. The van der Waals surface area contributed by atoms with Gasteiger partial charge in [0.25, 0.3) is 0 Å². The number of primary amides is 1. The summed E-state index contributed by atoms with van der Waals surface area (Å²) in [5.41, 5.74) is 22.5. The molecule has 1 aromatic rings. The lowest BCUT2D eigenvalue weighted by molar-refractivity contribution is -0.118. The van der Waals surface area contributed by atoms with E-state index in [1.807, 2.05) is 4.90 Å². The van der Waals surface area contributed by atoms with E-state index < -0.39 is 5.91 Å². The van der Waals surface area contributed by atoms with Crippen molar-refractivity contribution in [3.8, 4) is 0 Å². The number of nitrogens with two attached hydrogens (primary N) is 4. The van der Waals surface area contributed by atoms with Gasteiger partial charge in [-0.05, 0) is 0 Å². The van der Waals surface area contributed by atoms with Crippen molar-refractivity contribution in [2.75, 3.05) is 36.8 Å². The number of carbonyl (C=O) groups excluding carboxylic acids is 1. The molecule has 8 heteroatoms. The van der Waals surface area contributed by atoms with Crippen molar-refractivity contribution in [3.05, 3.63) is 6.20 Å². The van der Waals surface area contributed by atoms with Crippen molar-refractivity contribution >= 4 is 17.4 Å². The van der Waals surface area contributed by atoms with Crippen molar-refractivity contribution < 1.29 is 4.79 Å². The molecule has 17 heavy (non-hydrogen) atoms. The number of nitrogens with zero attached hydrogens (tertiary/aromatic N) is 3. The van der Waals surface area contributed by atoms with Gasteiger partial charge in [-0.2, -0.15) is 5.10 Å². The summed E-state index contributed by atoms with van der Waals surface area (Å²) in [5.74, 6) is 0.162. The normalized spacial score (nSPS) is 10.5. The Labute approximate surface area is 99.5 Å². The van der Waals surface area contributed by atoms with Crippen LogP contribution < -0.4 is 27.8 Å². The van der Waals surface area contributed by atoms with Crippen LogP contribution in [-0.4, -0.2) is 41.9 Å². The van der Waals surface area contributed by atoms with Gasteiger partial charge < -0.3 is 27.8 Å². The standard InChI is InChI=1S/C9H19N7O/c10-1-3-15(4-2-11)9-7(12)5-14-16(9)6-8(13)17/h5H,1-4,6,10-12H2,(H2,13,17). The zero-order chi connectivity index (χ0) is 12.8. The van der Waals surface area contributed by atoms with E-state index in [-0.39, 0.29) is 6.54 Å². The van der Waals surface area contributed by atoms with Crippen LogP contribution in [0.15, 0.2) is 6.20 Å². The zero-order valence-electron chi connectivity index (χ0n) is 9.67. The van der Waals surface area contributed by atoms with Crippen LogP contribution >= 0.6 is 0 Å². The Morgan fingerprint density at radius 3 is 2.41 bits per heavy atom. The predicted molar refractivity (Wildman–Crippen MR) is 66.2 cm³/mol. The van der Waals surface area contributed by atoms with Crippen LogP contribution in [0.2, 0.25) is 0 Å². The van der Waals surface area contributed by atoms with Gasteiger partial charge in [0.05, 0.1) is 11.9 Å². The third kappa shape index (κ3) is 3.33. The third-order valence-electron chi connectivity index (χ3n) is 2.24. The van der Waals surface area contributed by atoms with Gasteiger partial charge in [-0.1, -0.05) is 0 Å². The maximum absolute atomic E-state index is 10.9. The summed E-state index contributed by atoms with van der Waals surface area (Å²) in [6.07, 6.45) is 1.48. The Bertz CT molecular complexity index is 369. The van der Waals surface area contributed by atoms with E-state index in [0.717, 1.165) is 0 Å². The summed E-state index contributed by atoms with van der Waals surface area (Å²) in [5, 5.41) is 4.01. The molecule has 1 amide bonds. The second-order valence-electron chi connectivity index (χ2n) is 3.61. The van der Waals surface area contributed by atoms with Crippen molar-refractivity contribution in [1.29, 1.82) is 0 Å². The first-order chi connectivity index (χ1) is 8.10. The molecule has 0 aromatic carbocycles. The Balaban J connectivity index is 2.98. The number of rotatable bonds is 7. The number of hydrogen-bond donors (Lipinski definition) is 4. The van der Waals surface area contributed by atoms with Gasteiger partial charge in [-0.3, -0.25) is 4.79 Å². The van der Waals surface area contributed by atoms with Gasteiger partial charge >= 0.3 is 0 Å². The van der Waals surface area contributed by atoms with Crippen LogP contribution in [0.5, 0.6) is 0 Å². The lowest BCUT2D eigenvalue weighted by Gasteiger charge is -2.24. The highest BCUT2D eigenvalue weighted by Crippen LogP contribution is 2.21. The first kappa shape index (κ1) is 13.3. The molecule has 0 unspecified atom stereocenters. The van der Waals surface area contributed by atoms with E-state index in [1.165, 1.54) is 10.9 Å². The van der Waals surface area contributed by atoms with Crippen molar-refractivity contribution in [3.63, 3.8) is 0 Å². The minimum absolute atomic E-state index is 0.0157. The SMILES string of the molecule is NCCN(CCN)c1c(N)cnn1CC(N)=O. The number of anilines is 2. The number of amides is 1. The van der Waals surface area contributed by atoms with Crippen molar-refractivity contribution in [2.45, 2.75) is 6.54 Å². The number of nitrogen functional groups attached to an aromatic ring is 1. The molecule has 0 radical (unpaired) electrons. The van der Waals surface area contributed by atoms with Crippen LogP contribution in [0, 0.1) is 0 Å². The molecular formula is C9H19N7O. The number of aromatic nitrogens is 2. The summed E-state index contributed by atoms with van der Waals surface area (Å²) >= 11 is 0. The highest BCUT2D eigenvalue weighted by Gasteiger charge is 2.16. The van der Waals surface area contributed by atoms with Crippen LogP contribution in [0.3, 0.4) is 0 Å². The fourth-order valence-electron chi connectivity index (χ4n) is 1.64. The molecule has 0 aliphatic rings. The topological polar surface area (TPSA) is 142 Å². The molecule has 0 atom stereocenters. The van der Waals surface area contributed by atoms with Gasteiger partial charge in [0.1, 0.15) is 6.54 Å². The third-order valence-corrected chi connectivity index (χ3v) is 2.24. The van der Waals surface area contributed by atoms with E-state index in [4.69, 9.17) is 22.9 Å². The zero-order valence-corrected chi connectivity index (χ0v) is 9.67. The van der Waals surface area contributed by atoms with E-state index in [1.54, 1.807) is 0 Å². The fourth-order valence-corrected chi connectivity index (χ4v) is 1.64. The molecule has 0 aliphatic carbocycles. The quantitative estimate of drug-likeness (QED) is 0.422. The molecule has 8 N–H and O–H groups in total. The first-order valence-corrected chi connectivity index (χ1v) is 5.34. The molecule has 0 fully saturated rings. The Morgan fingerprint density at radius 2 is 1.94 bits per heavy atom. The monoisotopic (exact) mass is 241 g/mol. The second kappa shape index (κ2) is 6.06. The molecule has 1 heterocycles. The summed E-state index contributed by atoms with van der Waals surface area (Å²) in [6, 6.07) is 0. The molecule has 1 rings (SSSR count). The average Bonchev–Trinajstić information content (AvgIpc) is 2.59. The summed E-state index contributed by atoms with van der Waals surface area (Å²) < 4.78 is 1.46. The molecule has 1 aromatic heterocycles. The van der Waals surface area contributed by atoms with Crippen LogP contribution in [0.25, 0.3) is 0 Å². The van der Waals surface area contributed by atoms with Crippen molar-refractivity contribution in [1.82, 2.24) is 9.78 Å². The van der Waals surface area contributed by atoms with Gasteiger partial charge in [0.2, 0.25) is 5.91 Å². The fraction of sp³-hybridized carbons (Fsp3) is 0.556. The summed E-state index contributed by atoms with van der Waals surface area (Å²) in [6.45, 7) is 2.08. The second-order valence-corrected chi connectivity index (χ2v) is 3.61. The summed E-state index contributed by atoms with van der Waals surface area (Å²) in [7, 11) is 0. The maximum Gasteiger partial charge on any atom is 0.239 e. The van der Waals surface area contributed by atoms with Crippen molar-refractivity contribution in [2.24, 2.45) is 17.2 Å². The minimum atomic E-state index is -0.477. The van der Waals surface area contributed by atoms with Gasteiger partial charge in [0, 0.05) is 26.2 Å². The highest BCUT2D eigenvalue weighted by molar-refractivity contribution is 5.75. The summed E-state index contributed by atoms with van der Waals surface area (Å²) in [4.78, 5) is 12.8. The van der Waals surface area contributed by atoms with Crippen LogP contribution in [0.1, 0.15) is 0 Å². The number of hydrogen-bond acceptors (Lipinski definition) is 6. The Kier molecular flexibility index (Phi) is 4.73. The minimum Gasteiger partial charge on any atom is -0.394 e. The lowest BCUT2D eigenvalue weighted by Crippen LogP contribution is -2.36. The van der Waals surface area contributed by atoms with E-state index in [2.05, 4.69) is 5.10 Å². The van der Waals surface area contributed by atoms with Gasteiger partial charge in [0.15, 0.2) is 5.82 Å². The highest BCUT2D eigenvalue weighted by atomic mass is 16.1. The molecule has 8 nitrogen and oxygen atoms in total. The Hall–Kier alpha value is -1.80. The largest absolute Gasteiger partial charge is 0.394 e. The molecule has 0 saturated heterocycles. The number of carbonyl (C=O) groups is 1. The molecule has 0 saturated carbocycles. The van der Waals surface area contributed by atoms with E-state index >= 15 is 0 Å². The molecule has 0 bridgehead atoms. The van der Waals surface area contributed by atoms with E-state index in [9.17, 15) is 4.79 Å². The van der Waals surface area contributed by atoms with Gasteiger partial charge in [-0.25, -0.2) is 4.68 Å². The molecule has 0 spiro atoms. The average molecular weight is 241 g/mol. The van der Waals surface area contributed by atoms with Crippen LogP contribution in [-0.2, 0) is 11.3 Å². The molecular weight excluding hydrogens is 222 g/mol. The lowest BCUT2D eigenvalue weighted by atomic mass is 10.4. The maximum atomic E-state index is 10.9.